The van der Waals surface area contributed by atoms with Gasteiger partial charge in [0.1, 0.15) is 11.7 Å². The molecule has 3 saturated carbocycles. The first kappa shape index (κ1) is 14.5. The molecule has 4 fully saturated rings. The SMILES string of the molecule is C=C1CC2(CC3C1CCC3(C)O)C(=O)[C@@H]1C[C@@](O)(CO1)C2=O. The zero-order valence-corrected chi connectivity index (χ0v) is 12.8. The lowest BCUT2D eigenvalue weighted by atomic mass is 9.54. The fourth-order valence-electron chi connectivity index (χ4n) is 5.30. The van der Waals surface area contributed by atoms with Crippen LogP contribution in [0.3, 0.4) is 0 Å². The molecule has 2 N–H and O–H groups in total. The molecule has 4 unspecified atom stereocenters. The number of aliphatic hydroxyl groups is 2. The Hall–Kier alpha value is -1.04. The van der Waals surface area contributed by atoms with E-state index < -0.39 is 28.5 Å². The first-order valence-corrected chi connectivity index (χ1v) is 8.03. The molecular weight excluding hydrogens is 284 g/mol. The van der Waals surface area contributed by atoms with Crippen molar-refractivity contribution in [2.45, 2.75) is 56.3 Å². The zero-order chi connectivity index (χ0) is 15.9. The minimum absolute atomic E-state index is 0.0728. The number of ether oxygens (including phenoxy) is 1. The van der Waals surface area contributed by atoms with Crippen molar-refractivity contribution in [1.82, 2.24) is 0 Å². The number of ketones is 2. The molecule has 6 atom stereocenters. The predicted octanol–water partition coefficient (Wildman–Crippen LogP) is 0.772. The summed E-state index contributed by atoms with van der Waals surface area (Å²) in [5, 5.41) is 21.2. The quantitative estimate of drug-likeness (QED) is 0.510. The first-order chi connectivity index (χ1) is 10.2. The monoisotopic (exact) mass is 306 g/mol. The highest BCUT2D eigenvalue weighted by atomic mass is 16.5. The lowest BCUT2D eigenvalue weighted by Gasteiger charge is -2.48. The van der Waals surface area contributed by atoms with E-state index in [0.717, 1.165) is 12.0 Å². The Morgan fingerprint density at radius 1 is 1.27 bits per heavy atom. The molecule has 4 aliphatic rings. The second-order valence-electron chi connectivity index (χ2n) is 7.96. The molecule has 0 aromatic heterocycles. The van der Waals surface area contributed by atoms with Crippen LogP contribution in [0.25, 0.3) is 0 Å². The van der Waals surface area contributed by atoms with Gasteiger partial charge in [-0.2, -0.15) is 0 Å². The average molecular weight is 306 g/mol. The summed E-state index contributed by atoms with van der Waals surface area (Å²) in [7, 11) is 0. The normalized spacial score (nSPS) is 54.1. The summed E-state index contributed by atoms with van der Waals surface area (Å²) in [4.78, 5) is 25.8. The summed E-state index contributed by atoms with van der Waals surface area (Å²) in [6.45, 7) is 5.78. The van der Waals surface area contributed by atoms with E-state index in [9.17, 15) is 19.8 Å². The van der Waals surface area contributed by atoms with E-state index in [4.69, 9.17) is 4.74 Å². The molecule has 1 aliphatic heterocycles. The molecule has 2 bridgehead atoms. The van der Waals surface area contributed by atoms with Gasteiger partial charge in [-0.1, -0.05) is 12.2 Å². The van der Waals surface area contributed by atoms with E-state index in [1.54, 1.807) is 6.92 Å². The highest BCUT2D eigenvalue weighted by molar-refractivity contribution is 6.15. The highest BCUT2D eigenvalue weighted by Crippen LogP contribution is 2.59. The van der Waals surface area contributed by atoms with Gasteiger partial charge in [0.2, 0.25) is 0 Å². The zero-order valence-electron chi connectivity index (χ0n) is 12.8. The van der Waals surface area contributed by atoms with Crippen LogP contribution in [0.4, 0.5) is 0 Å². The number of carbonyl (C=O) groups excluding carboxylic acids is 2. The molecule has 0 radical (unpaired) electrons. The maximum absolute atomic E-state index is 13.0. The van der Waals surface area contributed by atoms with Gasteiger partial charge in [0, 0.05) is 6.42 Å². The van der Waals surface area contributed by atoms with Crippen molar-refractivity contribution >= 4 is 11.6 Å². The van der Waals surface area contributed by atoms with E-state index in [1.165, 1.54) is 0 Å². The smallest absolute Gasteiger partial charge is 0.180 e. The van der Waals surface area contributed by atoms with Crippen molar-refractivity contribution in [2.75, 3.05) is 6.61 Å². The molecule has 120 valence electrons. The van der Waals surface area contributed by atoms with Gasteiger partial charge in [0.05, 0.1) is 17.6 Å². The van der Waals surface area contributed by atoms with E-state index in [-0.39, 0.29) is 30.6 Å². The topological polar surface area (TPSA) is 83.8 Å². The van der Waals surface area contributed by atoms with Crippen LogP contribution in [0.2, 0.25) is 0 Å². The molecular formula is C17H22O5. The number of rotatable bonds is 0. The van der Waals surface area contributed by atoms with Gasteiger partial charge in [-0.3, -0.25) is 9.59 Å². The Labute approximate surface area is 129 Å². The molecule has 3 aliphatic carbocycles. The second-order valence-corrected chi connectivity index (χ2v) is 7.96. The fourth-order valence-corrected chi connectivity index (χ4v) is 5.30. The van der Waals surface area contributed by atoms with Gasteiger partial charge < -0.3 is 14.9 Å². The first-order valence-electron chi connectivity index (χ1n) is 8.03. The molecule has 5 heteroatoms. The Morgan fingerprint density at radius 2 is 2.00 bits per heavy atom. The van der Waals surface area contributed by atoms with Crippen LogP contribution in [0.15, 0.2) is 12.2 Å². The number of hydrogen-bond donors (Lipinski definition) is 2. The number of fused-ring (bicyclic) bond motifs is 3. The van der Waals surface area contributed by atoms with Crippen LogP contribution in [0.1, 0.15) is 39.0 Å². The van der Waals surface area contributed by atoms with Crippen LogP contribution >= 0.6 is 0 Å². The fraction of sp³-hybridized carbons (Fsp3) is 0.765. The Kier molecular flexibility index (Phi) is 2.69. The van der Waals surface area contributed by atoms with E-state index >= 15 is 0 Å². The van der Waals surface area contributed by atoms with Gasteiger partial charge in [0.25, 0.3) is 0 Å². The summed E-state index contributed by atoms with van der Waals surface area (Å²) in [5.41, 5.74) is -2.82. The summed E-state index contributed by atoms with van der Waals surface area (Å²) < 4.78 is 5.38. The maximum atomic E-state index is 13.0. The van der Waals surface area contributed by atoms with Gasteiger partial charge >= 0.3 is 0 Å². The third kappa shape index (κ3) is 1.59. The van der Waals surface area contributed by atoms with Crippen LogP contribution in [0.5, 0.6) is 0 Å². The molecule has 0 aromatic carbocycles. The summed E-state index contributed by atoms with van der Waals surface area (Å²) in [5.74, 6) is -0.623. The average Bonchev–Trinajstić information content (AvgIpc) is 2.97. The maximum Gasteiger partial charge on any atom is 0.180 e. The van der Waals surface area contributed by atoms with Crippen molar-refractivity contribution in [3.63, 3.8) is 0 Å². The summed E-state index contributed by atoms with van der Waals surface area (Å²) in [6.07, 6.45) is 1.48. The molecule has 0 aromatic rings. The molecule has 1 heterocycles. The van der Waals surface area contributed by atoms with Crippen LogP contribution in [-0.2, 0) is 14.3 Å². The van der Waals surface area contributed by atoms with Gasteiger partial charge in [0.15, 0.2) is 11.6 Å². The van der Waals surface area contributed by atoms with E-state index in [2.05, 4.69) is 6.58 Å². The number of allylic oxidation sites excluding steroid dienone is 1. The number of carbonyl (C=O) groups is 2. The predicted molar refractivity (Wildman–Crippen MR) is 77.0 cm³/mol. The summed E-state index contributed by atoms with van der Waals surface area (Å²) in [6, 6.07) is 0. The van der Waals surface area contributed by atoms with Crippen LogP contribution < -0.4 is 0 Å². The molecule has 4 rings (SSSR count). The van der Waals surface area contributed by atoms with E-state index in [1.807, 2.05) is 0 Å². The minimum Gasteiger partial charge on any atom is -0.390 e. The number of hydrogen-bond acceptors (Lipinski definition) is 5. The Morgan fingerprint density at radius 3 is 2.73 bits per heavy atom. The Bertz CT molecular complexity index is 594. The van der Waals surface area contributed by atoms with Crippen LogP contribution in [0, 0.1) is 17.3 Å². The number of Topliss-reactive ketones (excluding diaryl/α,β-unsaturated/α-hetero) is 2. The highest BCUT2D eigenvalue weighted by Gasteiger charge is 2.68. The van der Waals surface area contributed by atoms with Crippen molar-refractivity contribution in [3.8, 4) is 0 Å². The second kappa shape index (κ2) is 4.08. The molecule has 1 saturated heterocycles. The molecule has 22 heavy (non-hydrogen) atoms. The lowest BCUT2D eigenvalue weighted by Crippen LogP contribution is -2.61. The lowest BCUT2D eigenvalue weighted by molar-refractivity contribution is -0.162. The minimum atomic E-state index is -1.55. The van der Waals surface area contributed by atoms with Crippen molar-refractivity contribution < 1.29 is 24.5 Å². The van der Waals surface area contributed by atoms with Crippen molar-refractivity contribution in [3.05, 3.63) is 12.2 Å². The van der Waals surface area contributed by atoms with Gasteiger partial charge in [-0.05, 0) is 44.4 Å². The van der Waals surface area contributed by atoms with Crippen LogP contribution in [-0.4, -0.2) is 45.7 Å². The van der Waals surface area contributed by atoms with Crippen molar-refractivity contribution in [2.24, 2.45) is 17.3 Å². The van der Waals surface area contributed by atoms with Gasteiger partial charge in [-0.25, -0.2) is 0 Å². The standard InChI is InChI=1S/C17H22O5/c1-9-5-16(6-11-10(9)3-4-15(11,2)20)13(18)12-7-17(21,8-22-12)14(16)19/h10-12,20-21H,1,3-8H2,2H3/t10?,11?,12-,15?,16?,17+/m0/s1. The van der Waals surface area contributed by atoms with E-state index in [0.29, 0.717) is 19.3 Å². The Balaban J connectivity index is 1.79. The third-order valence-corrected chi connectivity index (χ3v) is 6.54. The molecule has 0 amide bonds. The van der Waals surface area contributed by atoms with Crippen molar-refractivity contribution in [1.29, 1.82) is 0 Å². The summed E-state index contributed by atoms with van der Waals surface area (Å²) >= 11 is 0. The van der Waals surface area contributed by atoms with Gasteiger partial charge in [-0.15, -0.1) is 0 Å². The molecule has 1 spiro atoms. The third-order valence-electron chi connectivity index (χ3n) is 6.54. The largest absolute Gasteiger partial charge is 0.390 e. The molecule has 5 nitrogen and oxygen atoms in total.